The number of thiocarbonyl (C=S) groups is 1. The number of amides is 1. The standard InChI is InChI=1S/C33H33IN4O8S/c1-4-41-27-14-21(12-23(34)31(27)44-16-20-10-11-25-26(13-20)46-18-45-25)15-35-38-28(39)17-43-24-9-7-6-8-22(24)30-29(32(40)42-5-2)19(3)36-33(47)37-30/h6-15,30H,4-5,16-18H2,1-3H3,(H,38,39)(H2,36,37,47)/t30-/m1/s1. The molecule has 0 aromatic heterocycles. The molecule has 0 bridgehead atoms. The number of hydrogen-bond acceptors (Lipinski definition) is 10. The molecule has 3 aromatic rings. The number of nitrogens with one attached hydrogen (secondary N) is 3. The molecular formula is C33H33IN4O8S. The van der Waals surface area contributed by atoms with Crippen molar-refractivity contribution < 1.29 is 38.0 Å². The Morgan fingerprint density at radius 2 is 1.85 bits per heavy atom. The van der Waals surface area contributed by atoms with Crippen LogP contribution in [-0.2, 0) is 20.9 Å². The summed E-state index contributed by atoms with van der Waals surface area (Å²) in [5, 5.41) is 10.5. The molecule has 1 atom stereocenters. The number of carbonyl (C=O) groups excluding carboxylic acids is 2. The highest BCUT2D eigenvalue weighted by Gasteiger charge is 2.32. The third-order valence-electron chi connectivity index (χ3n) is 6.91. The molecule has 0 spiro atoms. The number of benzene rings is 3. The zero-order chi connectivity index (χ0) is 33.3. The van der Waals surface area contributed by atoms with Crippen LogP contribution in [0.3, 0.4) is 0 Å². The first-order chi connectivity index (χ1) is 22.8. The van der Waals surface area contributed by atoms with E-state index in [4.69, 9.17) is 40.6 Å². The highest BCUT2D eigenvalue weighted by atomic mass is 127. The van der Waals surface area contributed by atoms with Gasteiger partial charge in [-0.2, -0.15) is 5.10 Å². The van der Waals surface area contributed by atoms with E-state index in [1.54, 1.807) is 38.1 Å². The number of nitrogens with zero attached hydrogens (tertiary/aromatic N) is 1. The van der Waals surface area contributed by atoms with Crippen molar-refractivity contribution in [3.05, 3.63) is 86.1 Å². The van der Waals surface area contributed by atoms with Crippen LogP contribution >= 0.6 is 34.8 Å². The summed E-state index contributed by atoms with van der Waals surface area (Å²) in [6, 6.07) is 15.8. The van der Waals surface area contributed by atoms with Crippen LogP contribution in [0.1, 0.15) is 43.5 Å². The van der Waals surface area contributed by atoms with Gasteiger partial charge in [0.05, 0.1) is 34.6 Å². The molecule has 2 heterocycles. The van der Waals surface area contributed by atoms with E-state index in [1.807, 2.05) is 37.3 Å². The number of halogens is 1. The molecule has 0 radical (unpaired) electrons. The maximum atomic E-state index is 12.8. The maximum Gasteiger partial charge on any atom is 0.338 e. The Morgan fingerprint density at radius 3 is 2.66 bits per heavy atom. The largest absolute Gasteiger partial charge is 0.490 e. The fourth-order valence-electron chi connectivity index (χ4n) is 4.86. The van der Waals surface area contributed by atoms with E-state index in [-0.39, 0.29) is 20.0 Å². The monoisotopic (exact) mass is 772 g/mol. The number of allylic oxidation sites excluding steroid dienone is 1. The number of ether oxygens (including phenoxy) is 6. The van der Waals surface area contributed by atoms with E-state index < -0.39 is 17.9 Å². The lowest BCUT2D eigenvalue weighted by Crippen LogP contribution is -2.45. The van der Waals surface area contributed by atoms with Crippen LogP contribution in [-0.4, -0.2) is 49.8 Å². The molecule has 5 rings (SSSR count). The van der Waals surface area contributed by atoms with Crippen molar-refractivity contribution in [1.29, 1.82) is 0 Å². The third kappa shape index (κ3) is 8.43. The SMILES string of the molecule is CCOC(=O)C1=C(C)NC(=S)N[C@@H]1c1ccccc1OCC(=O)NN=Cc1cc(I)c(OCc2ccc3c(c2)OCO3)c(OCC)c1. The van der Waals surface area contributed by atoms with E-state index in [0.29, 0.717) is 69.5 Å². The predicted octanol–water partition coefficient (Wildman–Crippen LogP) is 4.88. The first-order valence-corrected chi connectivity index (χ1v) is 16.2. The zero-order valence-electron chi connectivity index (χ0n) is 25.9. The topological polar surface area (TPSA) is 138 Å². The molecule has 47 heavy (non-hydrogen) atoms. The van der Waals surface area contributed by atoms with Gasteiger partial charge < -0.3 is 39.1 Å². The third-order valence-corrected chi connectivity index (χ3v) is 7.93. The summed E-state index contributed by atoms with van der Waals surface area (Å²) in [7, 11) is 0. The molecule has 0 saturated carbocycles. The molecule has 12 nitrogen and oxygen atoms in total. The van der Waals surface area contributed by atoms with Gasteiger partial charge in [-0.15, -0.1) is 0 Å². The number of rotatable bonds is 13. The van der Waals surface area contributed by atoms with Crippen molar-refractivity contribution in [3.63, 3.8) is 0 Å². The van der Waals surface area contributed by atoms with Crippen LogP contribution in [0.15, 0.2) is 71.0 Å². The molecule has 2 aliphatic rings. The molecular weight excluding hydrogens is 739 g/mol. The van der Waals surface area contributed by atoms with Crippen LogP contribution in [0.25, 0.3) is 0 Å². The Bertz CT molecular complexity index is 1730. The minimum absolute atomic E-state index is 0.207. The van der Waals surface area contributed by atoms with Crippen molar-refractivity contribution in [2.45, 2.75) is 33.4 Å². The van der Waals surface area contributed by atoms with E-state index in [9.17, 15) is 9.59 Å². The number of hydrogen-bond donors (Lipinski definition) is 3. The fourth-order valence-corrected chi connectivity index (χ4v) is 5.92. The molecule has 0 fully saturated rings. The smallest absolute Gasteiger partial charge is 0.338 e. The summed E-state index contributed by atoms with van der Waals surface area (Å²) in [4.78, 5) is 25.5. The average molecular weight is 773 g/mol. The van der Waals surface area contributed by atoms with Gasteiger partial charge >= 0.3 is 5.97 Å². The first-order valence-electron chi connectivity index (χ1n) is 14.7. The van der Waals surface area contributed by atoms with Gasteiger partial charge in [0.2, 0.25) is 6.79 Å². The Kier molecular flexibility index (Phi) is 11.4. The van der Waals surface area contributed by atoms with Crippen molar-refractivity contribution in [3.8, 4) is 28.7 Å². The number of esters is 1. The van der Waals surface area contributed by atoms with E-state index >= 15 is 0 Å². The number of para-hydroxylation sites is 1. The number of hydrazone groups is 1. The van der Waals surface area contributed by atoms with Crippen LogP contribution in [0.4, 0.5) is 0 Å². The highest BCUT2D eigenvalue weighted by Crippen LogP contribution is 2.37. The molecule has 0 saturated heterocycles. The summed E-state index contributed by atoms with van der Waals surface area (Å²) < 4.78 is 34.8. The Balaban J connectivity index is 1.22. The van der Waals surface area contributed by atoms with Crippen molar-refractivity contribution in [2.24, 2.45) is 5.10 Å². The van der Waals surface area contributed by atoms with Crippen LogP contribution in [0.5, 0.6) is 28.7 Å². The average Bonchev–Trinajstić information content (AvgIpc) is 3.51. The maximum absolute atomic E-state index is 12.8. The van der Waals surface area contributed by atoms with Gasteiger partial charge in [0, 0.05) is 11.3 Å². The van der Waals surface area contributed by atoms with E-state index in [1.165, 1.54) is 6.21 Å². The number of fused-ring (bicyclic) bond motifs is 1. The molecule has 3 N–H and O–H groups in total. The van der Waals surface area contributed by atoms with Crippen molar-refractivity contribution in [1.82, 2.24) is 16.1 Å². The summed E-state index contributed by atoms with van der Waals surface area (Å²) in [5.74, 6) is 1.98. The first kappa shape index (κ1) is 33.8. The van der Waals surface area contributed by atoms with Crippen molar-refractivity contribution >= 4 is 58.0 Å². The van der Waals surface area contributed by atoms with Crippen LogP contribution < -0.4 is 39.7 Å². The second kappa shape index (κ2) is 15.8. The Hall–Kier alpha value is -4.57. The minimum atomic E-state index is -0.633. The van der Waals surface area contributed by atoms with Crippen LogP contribution in [0.2, 0.25) is 0 Å². The summed E-state index contributed by atoms with van der Waals surface area (Å²) in [6.45, 7) is 6.22. The van der Waals surface area contributed by atoms with Gasteiger partial charge in [-0.05, 0) is 97.0 Å². The lowest BCUT2D eigenvalue weighted by molar-refractivity contribution is -0.139. The quantitative estimate of drug-likeness (QED) is 0.0721. The number of carbonyl (C=O) groups is 2. The molecule has 0 aliphatic carbocycles. The summed E-state index contributed by atoms with van der Waals surface area (Å²) >= 11 is 7.51. The molecule has 0 unspecified atom stereocenters. The lowest BCUT2D eigenvalue weighted by atomic mass is 9.95. The molecule has 14 heteroatoms. The Morgan fingerprint density at radius 1 is 1.04 bits per heavy atom. The lowest BCUT2D eigenvalue weighted by Gasteiger charge is -2.30. The van der Waals surface area contributed by atoms with Gasteiger partial charge in [-0.1, -0.05) is 24.3 Å². The van der Waals surface area contributed by atoms with Gasteiger partial charge in [0.1, 0.15) is 12.4 Å². The second-order valence-electron chi connectivity index (χ2n) is 10.1. The van der Waals surface area contributed by atoms with Gasteiger partial charge in [0.25, 0.3) is 5.91 Å². The second-order valence-corrected chi connectivity index (χ2v) is 11.7. The Labute approximate surface area is 290 Å². The minimum Gasteiger partial charge on any atom is -0.490 e. The highest BCUT2D eigenvalue weighted by molar-refractivity contribution is 14.1. The van der Waals surface area contributed by atoms with Gasteiger partial charge in [0.15, 0.2) is 34.7 Å². The van der Waals surface area contributed by atoms with E-state index in [2.05, 4.69) is 43.8 Å². The zero-order valence-corrected chi connectivity index (χ0v) is 28.9. The predicted molar refractivity (Wildman–Crippen MR) is 186 cm³/mol. The van der Waals surface area contributed by atoms with Crippen molar-refractivity contribution in [2.75, 3.05) is 26.6 Å². The van der Waals surface area contributed by atoms with Gasteiger partial charge in [-0.25, -0.2) is 10.2 Å². The molecule has 1 amide bonds. The summed E-state index contributed by atoms with van der Waals surface area (Å²) in [5.41, 5.74) is 5.67. The van der Waals surface area contributed by atoms with Gasteiger partial charge in [-0.3, -0.25) is 4.79 Å². The molecule has 3 aromatic carbocycles. The summed E-state index contributed by atoms with van der Waals surface area (Å²) in [6.07, 6.45) is 1.51. The van der Waals surface area contributed by atoms with E-state index in [0.717, 1.165) is 9.13 Å². The molecule has 2 aliphatic heterocycles. The molecule has 246 valence electrons. The normalized spacial score (nSPS) is 15.1. The van der Waals surface area contributed by atoms with Crippen LogP contribution in [0, 0.1) is 3.57 Å². The fraction of sp³-hybridized carbons (Fsp3) is 0.273.